The summed E-state index contributed by atoms with van der Waals surface area (Å²) in [5.74, 6) is 0. The van der Waals surface area contributed by atoms with E-state index < -0.39 is 0 Å². The van der Waals surface area contributed by atoms with E-state index in [-0.39, 0.29) is 0 Å². The van der Waals surface area contributed by atoms with Crippen molar-refractivity contribution in [3.63, 3.8) is 0 Å². The Labute approximate surface area is 64.4 Å². The zero-order chi connectivity index (χ0) is 5.98. The van der Waals surface area contributed by atoms with Crippen LogP contribution in [0.1, 0.15) is 0 Å². The van der Waals surface area contributed by atoms with Crippen LogP contribution in [0.2, 0.25) is 0 Å². The Morgan fingerprint density at radius 1 is 1.50 bits per heavy atom. The molecule has 1 aromatic rings. The Kier molecular flexibility index (Phi) is 2.02. The molecule has 1 nitrogen and oxygen atoms in total. The molecule has 0 fully saturated rings. The van der Waals surface area contributed by atoms with Gasteiger partial charge in [0.05, 0.1) is 0 Å². The van der Waals surface area contributed by atoms with Gasteiger partial charge in [0.15, 0.2) is 0 Å². The Bertz CT molecular complexity index is 149. The molecule has 1 radical (unpaired) electrons. The lowest BCUT2D eigenvalue weighted by molar-refractivity contribution is 1.26. The van der Waals surface area contributed by atoms with Gasteiger partial charge in [-0.25, -0.2) is 4.98 Å². The van der Waals surface area contributed by atoms with E-state index in [1.807, 2.05) is 0 Å². The molecule has 0 aromatic carbocycles. The van der Waals surface area contributed by atoms with Crippen LogP contribution in [0, 0.1) is 6.07 Å². The van der Waals surface area contributed by atoms with E-state index in [0.717, 1.165) is 9.08 Å². The van der Waals surface area contributed by atoms with E-state index in [1.54, 1.807) is 12.3 Å². The predicted octanol–water partition coefficient (Wildman–Crippen LogP) is 2.41. The molecule has 0 N–H and O–H groups in total. The minimum absolute atomic E-state index is 0.806. The highest BCUT2D eigenvalue weighted by Gasteiger charge is 1.85. The lowest BCUT2D eigenvalue weighted by atomic mass is 10.5. The van der Waals surface area contributed by atoms with Gasteiger partial charge in [0.2, 0.25) is 0 Å². The summed E-state index contributed by atoms with van der Waals surface area (Å²) < 4.78 is 1.68. The van der Waals surface area contributed by atoms with Crippen LogP contribution in [0.4, 0.5) is 0 Å². The second-order valence-corrected chi connectivity index (χ2v) is 2.88. The summed E-state index contributed by atoms with van der Waals surface area (Å²) in [6.07, 6.45) is 1.68. The van der Waals surface area contributed by atoms with Gasteiger partial charge in [0.1, 0.15) is 4.60 Å². The van der Waals surface area contributed by atoms with Crippen LogP contribution in [-0.4, -0.2) is 4.98 Å². The fourth-order valence-electron chi connectivity index (χ4n) is 0.321. The fraction of sp³-hybridized carbons (Fsp3) is 0. The van der Waals surface area contributed by atoms with E-state index in [4.69, 9.17) is 0 Å². The summed E-state index contributed by atoms with van der Waals surface area (Å²) in [6.45, 7) is 0. The number of rotatable bonds is 0. The van der Waals surface area contributed by atoms with E-state index >= 15 is 0 Å². The maximum absolute atomic E-state index is 3.92. The molecule has 0 saturated carbocycles. The first-order valence-corrected chi connectivity index (χ1v) is 3.56. The summed E-state index contributed by atoms with van der Waals surface area (Å²) in [5, 5.41) is 0. The molecule has 1 heterocycles. The number of nitrogens with zero attached hydrogens (tertiary/aromatic N) is 1. The summed E-state index contributed by atoms with van der Waals surface area (Å²) >= 11 is 6.39. The number of hydrogen-bond acceptors (Lipinski definition) is 1. The van der Waals surface area contributed by atoms with Crippen LogP contribution >= 0.6 is 31.9 Å². The van der Waals surface area contributed by atoms with E-state index in [0.29, 0.717) is 0 Å². The summed E-state index contributed by atoms with van der Waals surface area (Å²) in [7, 11) is 0. The van der Waals surface area contributed by atoms with Crippen molar-refractivity contribution in [2.24, 2.45) is 0 Å². The van der Waals surface area contributed by atoms with Gasteiger partial charge in [0, 0.05) is 16.7 Å². The highest BCUT2D eigenvalue weighted by atomic mass is 79.9. The zero-order valence-electron chi connectivity index (χ0n) is 3.86. The molecule has 0 amide bonds. The van der Waals surface area contributed by atoms with Gasteiger partial charge in [-0.05, 0) is 37.9 Å². The molecule has 0 bridgehead atoms. The van der Waals surface area contributed by atoms with Gasteiger partial charge in [-0.2, -0.15) is 0 Å². The van der Waals surface area contributed by atoms with Crippen LogP contribution < -0.4 is 0 Å². The molecule has 1 rings (SSSR count). The molecule has 0 aliphatic heterocycles. The van der Waals surface area contributed by atoms with Gasteiger partial charge >= 0.3 is 0 Å². The minimum atomic E-state index is 0.806. The summed E-state index contributed by atoms with van der Waals surface area (Å²) in [6, 6.07) is 4.66. The maximum Gasteiger partial charge on any atom is 0.106 e. The first kappa shape index (κ1) is 6.23. The maximum atomic E-state index is 3.92. The number of hydrogen-bond donors (Lipinski definition) is 0. The standard InChI is InChI=1S/C5H2Br2N/c6-4-1-2-5(7)8-3-4/h2-3H. The van der Waals surface area contributed by atoms with Gasteiger partial charge in [0.25, 0.3) is 0 Å². The highest BCUT2D eigenvalue weighted by Crippen LogP contribution is 2.09. The van der Waals surface area contributed by atoms with Crippen molar-refractivity contribution in [1.29, 1.82) is 0 Å². The zero-order valence-corrected chi connectivity index (χ0v) is 7.03. The Hall–Kier alpha value is 0.110. The van der Waals surface area contributed by atoms with Crippen molar-refractivity contribution in [2.45, 2.75) is 0 Å². The van der Waals surface area contributed by atoms with Crippen molar-refractivity contribution in [2.75, 3.05) is 0 Å². The normalized spacial score (nSPS) is 9.25. The van der Waals surface area contributed by atoms with E-state index in [2.05, 4.69) is 42.9 Å². The van der Waals surface area contributed by atoms with Crippen molar-refractivity contribution >= 4 is 31.9 Å². The molecule has 3 heteroatoms. The molecule has 8 heavy (non-hydrogen) atoms. The van der Waals surface area contributed by atoms with Gasteiger partial charge in [-0.1, -0.05) is 0 Å². The smallest absolute Gasteiger partial charge is 0.106 e. The van der Waals surface area contributed by atoms with E-state index in [9.17, 15) is 0 Å². The highest BCUT2D eigenvalue weighted by molar-refractivity contribution is 9.11. The molecule has 0 aliphatic rings. The SMILES string of the molecule is Brc1[c]cc(Br)nc1. The molecule has 1 aromatic heterocycles. The van der Waals surface area contributed by atoms with Crippen LogP contribution in [-0.2, 0) is 0 Å². The minimum Gasteiger partial charge on any atom is -0.248 e. The molecule has 0 unspecified atom stereocenters. The Balaban J connectivity index is 3.03. The van der Waals surface area contributed by atoms with Gasteiger partial charge < -0.3 is 0 Å². The van der Waals surface area contributed by atoms with Gasteiger partial charge in [-0.15, -0.1) is 0 Å². The first-order chi connectivity index (χ1) is 3.79. The monoisotopic (exact) mass is 234 g/mol. The number of halogens is 2. The molecule has 0 spiro atoms. The predicted molar refractivity (Wildman–Crippen MR) is 38.5 cm³/mol. The molecule has 0 aliphatic carbocycles. The van der Waals surface area contributed by atoms with Gasteiger partial charge in [-0.3, -0.25) is 0 Å². The third kappa shape index (κ3) is 1.56. The molecular weight excluding hydrogens is 234 g/mol. The third-order valence-electron chi connectivity index (χ3n) is 0.630. The average Bonchev–Trinajstić information content (AvgIpc) is 1.77. The quantitative estimate of drug-likeness (QED) is 0.630. The molecule has 41 valence electrons. The van der Waals surface area contributed by atoms with Crippen molar-refractivity contribution in [3.8, 4) is 0 Å². The first-order valence-electron chi connectivity index (χ1n) is 1.98. The lowest BCUT2D eigenvalue weighted by Crippen LogP contribution is -1.71. The largest absolute Gasteiger partial charge is 0.248 e. The Morgan fingerprint density at radius 2 is 2.25 bits per heavy atom. The lowest BCUT2D eigenvalue weighted by Gasteiger charge is -1.85. The molecule has 0 saturated heterocycles. The second-order valence-electron chi connectivity index (χ2n) is 1.22. The number of pyridine rings is 1. The second kappa shape index (κ2) is 2.60. The fourth-order valence-corrected chi connectivity index (χ4v) is 0.755. The topological polar surface area (TPSA) is 12.9 Å². The average molecular weight is 236 g/mol. The third-order valence-corrected chi connectivity index (χ3v) is 1.50. The van der Waals surface area contributed by atoms with E-state index in [1.165, 1.54) is 0 Å². The summed E-state index contributed by atoms with van der Waals surface area (Å²) in [5.41, 5.74) is 0. The van der Waals surface area contributed by atoms with Crippen LogP contribution in [0.15, 0.2) is 21.3 Å². The van der Waals surface area contributed by atoms with Crippen molar-refractivity contribution in [1.82, 2.24) is 4.98 Å². The van der Waals surface area contributed by atoms with Crippen LogP contribution in [0.3, 0.4) is 0 Å². The molecular formula is C5H2Br2N. The summed E-state index contributed by atoms with van der Waals surface area (Å²) in [4.78, 5) is 3.92. The Morgan fingerprint density at radius 3 is 2.62 bits per heavy atom. The number of aromatic nitrogens is 1. The van der Waals surface area contributed by atoms with Crippen molar-refractivity contribution in [3.05, 3.63) is 27.4 Å². The van der Waals surface area contributed by atoms with Crippen LogP contribution in [0.5, 0.6) is 0 Å². The van der Waals surface area contributed by atoms with Crippen LogP contribution in [0.25, 0.3) is 0 Å². The molecule has 0 atom stereocenters. The van der Waals surface area contributed by atoms with Crippen molar-refractivity contribution < 1.29 is 0 Å².